The average Bonchev–Trinajstić information content (AvgIpc) is 3.07. The van der Waals surface area contributed by atoms with Crippen molar-refractivity contribution in [2.75, 3.05) is 13.6 Å². The number of unbranched alkanes of at least 4 members (excludes halogenated alkanes) is 1. The fourth-order valence-corrected chi connectivity index (χ4v) is 3.26. The number of carbonyl (C=O) groups is 1. The number of hydrogen-bond acceptors (Lipinski definition) is 4. The summed E-state index contributed by atoms with van der Waals surface area (Å²) in [6.07, 6.45) is 10.4. The molecular formula is C23H39NO3. The van der Waals surface area contributed by atoms with E-state index >= 15 is 0 Å². The quantitative estimate of drug-likeness (QED) is 0.491. The number of likely N-dealkylation sites (N-methyl/N-ethyl adjacent to an activating group) is 1. The minimum absolute atomic E-state index is 0.102. The van der Waals surface area contributed by atoms with Crippen molar-refractivity contribution in [2.45, 2.75) is 66.4 Å². The van der Waals surface area contributed by atoms with Crippen molar-refractivity contribution in [2.24, 2.45) is 11.8 Å². The van der Waals surface area contributed by atoms with Crippen LogP contribution in [0.2, 0.25) is 0 Å². The number of ether oxygens (including phenoxy) is 1. The summed E-state index contributed by atoms with van der Waals surface area (Å²) in [5.74, 6) is 1.32. The fourth-order valence-electron chi connectivity index (χ4n) is 3.26. The topological polar surface area (TPSA) is 58.6 Å². The number of allylic oxidation sites excluding steroid dienone is 4. The lowest BCUT2D eigenvalue weighted by molar-refractivity contribution is -0.131. The molecule has 0 aromatic carbocycles. The van der Waals surface area contributed by atoms with Gasteiger partial charge < -0.3 is 15.2 Å². The van der Waals surface area contributed by atoms with E-state index in [1.165, 1.54) is 0 Å². The maximum atomic E-state index is 12.1. The molecular weight excluding hydrogens is 338 g/mol. The zero-order chi connectivity index (χ0) is 20.8. The van der Waals surface area contributed by atoms with Crippen LogP contribution >= 0.6 is 0 Å². The highest BCUT2D eigenvalue weighted by atomic mass is 16.5. The molecule has 1 saturated carbocycles. The number of aliphatic hydroxyl groups is 1. The average molecular weight is 378 g/mol. The molecule has 4 heteroatoms. The van der Waals surface area contributed by atoms with E-state index in [1.54, 1.807) is 12.2 Å². The lowest BCUT2D eigenvalue weighted by atomic mass is 9.74. The maximum absolute atomic E-state index is 12.1. The molecule has 1 aliphatic carbocycles. The van der Waals surface area contributed by atoms with Gasteiger partial charge in [0.15, 0.2) is 23.4 Å². The number of hydrogen-bond donors (Lipinski definition) is 2. The molecule has 0 aromatic heterocycles. The van der Waals surface area contributed by atoms with E-state index in [9.17, 15) is 9.90 Å². The second kappa shape index (κ2) is 14.3. The van der Waals surface area contributed by atoms with Gasteiger partial charge in [-0.3, -0.25) is 4.79 Å². The Kier molecular flexibility index (Phi) is 13.3. The predicted molar refractivity (Wildman–Crippen MR) is 115 cm³/mol. The van der Waals surface area contributed by atoms with E-state index in [2.05, 4.69) is 31.8 Å². The first-order valence-corrected chi connectivity index (χ1v) is 10.2. The van der Waals surface area contributed by atoms with Gasteiger partial charge in [0.1, 0.15) is 0 Å². The van der Waals surface area contributed by atoms with E-state index in [4.69, 9.17) is 4.74 Å². The van der Waals surface area contributed by atoms with E-state index in [1.807, 2.05) is 33.9 Å². The van der Waals surface area contributed by atoms with Crippen LogP contribution in [0.3, 0.4) is 0 Å². The Bertz CT molecular complexity index is 546. The minimum atomic E-state index is -0.399. The molecule has 4 nitrogen and oxygen atoms in total. The molecule has 0 aromatic rings. The van der Waals surface area contributed by atoms with Gasteiger partial charge in [0.25, 0.3) is 0 Å². The summed E-state index contributed by atoms with van der Waals surface area (Å²) in [6.45, 7) is 14.5. The Labute approximate surface area is 166 Å². The number of fused-ring (bicyclic) bond motifs is 1. The molecule has 2 rings (SSSR count). The van der Waals surface area contributed by atoms with Crippen LogP contribution in [0.4, 0.5) is 0 Å². The van der Waals surface area contributed by atoms with Gasteiger partial charge in [0, 0.05) is 24.5 Å². The van der Waals surface area contributed by atoms with Crippen LogP contribution in [-0.2, 0) is 9.53 Å². The second-order valence-electron chi connectivity index (χ2n) is 6.56. The Morgan fingerprint density at radius 1 is 1.41 bits per heavy atom. The zero-order valence-electron chi connectivity index (χ0n) is 18.0. The largest absolute Gasteiger partial charge is 0.504 e. The molecule has 0 spiro atoms. The third-order valence-electron chi connectivity index (χ3n) is 4.53. The summed E-state index contributed by atoms with van der Waals surface area (Å²) in [4.78, 5) is 12.1. The Morgan fingerprint density at radius 3 is 2.56 bits per heavy atom. The summed E-state index contributed by atoms with van der Waals surface area (Å²) >= 11 is 0. The summed E-state index contributed by atoms with van der Waals surface area (Å²) in [5, 5.41) is 13.1. The molecule has 0 bridgehead atoms. The van der Waals surface area contributed by atoms with Crippen molar-refractivity contribution in [1.29, 1.82) is 0 Å². The first-order chi connectivity index (χ1) is 13.0. The molecule has 0 amide bonds. The fraction of sp³-hybridized carbons (Fsp3) is 0.609. The number of Topliss-reactive ketones (excluding diaryl/α,β-unsaturated/α-hetero) is 1. The summed E-state index contributed by atoms with van der Waals surface area (Å²) in [6, 6.07) is 0. The van der Waals surface area contributed by atoms with Crippen LogP contribution < -0.4 is 5.32 Å². The van der Waals surface area contributed by atoms with Crippen molar-refractivity contribution in [3.05, 3.63) is 48.0 Å². The molecule has 2 fully saturated rings. The molecule has 154 valence electrons. The van der Waals surface area contributed by atoms with E-state index in [-0.39, 0.29) is 17.5 Å². The van der Waals surface area contributed by atoms with E-state index in [0.717, 1.165) is 31.4 Å². The summed E-state index contributed by atoms with van der Waals surface area (Å²) in [7, 11) is 1.89. The maximum Gasteiger partial charge on any atom is 0.173 e. The van der Waals surface area contributed by atoms with Crippen LogP contribution in [0.1, 0.15) is 60.3 Å². The van der Waals surface area contributed by atoms with E-state index < -0.39 is 6.10 Å². The Morgan fingerprint density at radius 2 is 2.07 bits per heavy atom. The van der Waals surface area contributed by atoms with Crippen molar-refractivity contribution in [3.63, 3.8) is 0 Å². The number of carbonyl (C=O) groups excluding carboxylic acids is 1. The lowest BCUT2D eigenvalue weighted by Crippen LogP contribution is -2.36. The number of nitrogens with one attached hydrogen (secondary N) is 1. The lowest BCUT2D eigenvalue weighted by Gasteiger charge is -2.28. The van der Waals surface area contributed by atoms with Gasteiger partial charge in [0.2, 0.25) is 0 Å². The van der Waals surface area contributed by atoms with Gasteiger partial charge in [-0.15, -0.1) is 6.58 Å². The second-order valence-corrected chi connectivity index (χ2v) is 6.56. The van der Waals surface area contributed by atoms with Crippen LogP contribution in [0.5, 0.6) is 0 Å². The molecule has 2 N–H and O–H groups in total. The molecule has 1 heterocycles. The van der Waals surface area contributed by atoms with Crippen molar-refractivity contribution in [3.8, 4) is 0 Å². The minimum Gasteiger partial charge on any atom is -0.504 e. The van der Waals surface area contributed by atoms with Gasteiger partial charge in [-0.05, 0) is 38.8 Å². The molecule has 27 heavy (non-hydrogen) atoms. The van der Waals surface area contributed by atoms with Gasteiger partial charge >= 0.3 is 0 Å². The van der Waals surface area contributed by atoms with Crippen LogP contribution in [-0.4, -0.2) is 30.6 Å². The SMILES string of the molecule is C=CCNC.CC.C\C=C/C(O)=C1/OC2C(=O)CCC(C)C2/C1=C\CCC. The zero-order valence-corrected chi connectivity index (χ0v) is 18.0. The van der Waals surface area contributed by atoms with Gasteiger partial charge in [-0.2, -0.15) is 0 Å². The third kappa shape index (κ3) is 7.37. The van der Waals surface area contributed by atoms with Crippen LogP contribution in [0, 0.1) is 11.8 Å². The van der Waals surface area contributed by atoms with Crippen molar-refractivity contribution in [1.82, 2.24) is 5.32 Å². The van der Waals surface area contributed by atoms with Gasteiger partial charge in [-0.25, -0.2) is 0 Å². The Hall–Kier alpha value is -1.81. The van der Waals surface area contributed by atoms with Crippen LogP contribution in [0.15, 0.2) is 48.0 Å². The summed E-state index contributed by atoms with van der Waals surface area (Å²) < 4.78 is 5.83. The number of ketones is 1. The van der Waals surface area contributed by atoms with Crippen molar-refractivity contribution < 1.29 is 14.6 Å². The standard InChI is InChI=1S/C17H24O3.C4H9N.C2H6/c1-4-6-8-12-15-11(3)9-10-14(19)17(15)20-16(12)13(18)7-5-2;1-3-4-5-2;1-2/h5,7-8,11,15,17-18H,4,6,9-10H2,1-3H3;3,5H,1,4H2,2H3;1-2H3/b7-5-,12-8+,16-13-;;. The normalized spacial score (nSPS) is 27.1. The van der Waals surface area contributed by atoms with Crippen LogP contribution in [0.25, 0.3) is 0 Å². The molecule has 3 atom stereocenters. The predicted octanol–water partition coefficient (Wildman–Crippen LogP) is 5.49. The third-order valence-corrected chi connectivity index (χ3v) is 4.53. The highest BCUT2D eigenvalue weighted by Gasteiger charge is 2.47. The first-order valence-electron chi connectivity index (χ1n) is 10.2. The first kappa shape index (κ1) is 25.2. The smallest absolute Gasteiger partial charge is 0.173 e. The highest BCUT2D eigenvalue weighted by molar-refractivity contribution is 5.86. The molecule has 0 radical (unpaired) electrons. The number of rotatable bonds is 5. The van der Waals surface area contributed by atoms with E-state index in [0.29, 0.717) is 18.1 Å². The monoisotopic (exact) mass is 377 g/mol. The molecule has 1 aliphatic heterocycles. The summed E-state index contributed by atoms with van der Waals surface area (Å²) in [5.41, 5.74) is 1.02. The van der Waals surface area contributed by atoms with Gasteiger partial charge in [0.05, 0.1) is 0 Å². The Balaban J connectivity index is 0.000000838. The van der Waals surface area contributed by atoms with Gasteiger partial charge in [-0.1, -0.05) is 52.3 Å². The molecule has 1 saturated heterocycles. The highest BCUT2D eigenvalue weighted by Crippen LogP contribution is 2.46. The number of aliphatic hydroxyl groups excluding tert-OH is 1. The molecule has 2 aliphatic rings. The molecule has 3 unspecified atom stereocenters. The van der Waals surface area contributed by atoms with Crippen molar-refractivity contribution >= 4 is 5.78 Å².